The minimum Gasteiger partial charge on any atom is -0.466 e. The smallest absolute Gasteiger partial charge is 0.312 e. The Morgan fingerprint density at radius 3 is 2.85 bits per heavy atom. The Hall–Kier alpha value is -1.13. The molecule has 4 heteroatoms. The molecule has 6 atom stereocenters. The number of carbonyl (C=O) groups excluding carboxylic acids is 1. The third-order valence-corrected chi connectivity index (χ3v) is 7.96. The molecule has 3 fully saturated rings. The van der Waals surface area contributed by atoms with Gasteiger partial charge in [0.05, 0.1) is 25.7 Å². The summed E-state index contributed by atoms with van der Waals surface area (Å²) in [4.78, 5) is 12.2. The van der Waals surface area contributed by atoms with Crippen LogP contribution in [-0.4, -0.2) is 31.6 Å². The van der Waals surface area contributed by atoms with Crippen LogP contribution in [0.2, 0.25) is 0 Å². The van der Waals surface area contributed by atoms with Gasteiger partial charge in [0.25, 0.3) is 0 Å². The number of fused-ring (bicyclic) bond motifs is 1. The Labute approximate surface area is 155 Å². The first-order valence-electron chi connectivity index (χ1n) is 10.4. The van der Waals surface area contributed by atoms with Gasteiger partial charge in [-0.2, -0.15) is 0 Å². The number of allylic oxidation sites excluding steroid dienone is 2. The quantitative estimate of drug-likeness (QED) is 0.555. The maximum atomic E-state index is 12.2. The Morgan fingerprint density at radius 1 is 1.27 bits per heavy atom. The molecule has 1 heterocycles. The highest BCUT2D eigenvalue weighted by molar-refractivity contribution is 5.74. The summed E-state index contributed by atoms with van der Waals surface area (Å²) in [6, 6.07) is 0. The zero-order valence-electron chi connectivity index (χ0n) is 15.9. The van der Waals surface area contributed by atoms with Gasteiger partial charge in [0.1, 0.15) is 0 Å². The summed E-state index contributed by atoms with van der Waals surface area (Å²) >= 11 is 0. The largest absolute Gasteiger partial charge is 0.466 e. The molecule has 1 aliphatic heterocycles. The highest BCUT2D eigenvalue weighted by Gasteiger charge is 2.67. The summed E-state index contributed by atoms with van der Waals surface area (Å²) in [5, 5.41) is 0. The normalized spacial score (nSPS) is 45.2. The molecule has 2 spiro atoms. The van der Waals surface area contributed by atoms with Crippen molar-refractivity contribution < 1.29 is 19.0 Å². The van der Waals surface area contributed by atoms with Crippen LogP contribution in [0.15, 0.2) is 23.8 Å². The van der Waals surface area contributed by atoms with Gasteiger partial charge in [-0.3, -0.25) is 4.79 Å². The number of rotatable bonds is 2. The van der Waals surface area contributed by atoms with Crippen LogP contribution in [-0.2, 0) is 19.0 Å². The minimum atomic E-state index is -0.392. The monoisotopic (exact) mass is 358 g/mol. The van der Waals surface area contributed by atoms with E-state index in [1.165, 1.54) is 12.0 Å². The van der Waals surface area contributed by atoms with Crippen molar-refractivity contribution in [3.8, 4) is 0 Å². The highest BCUT2D eigenvalue weighted by Crippen LogP contribution is 2.68. The Bertz CT molecular complexity index is 659. The lowest BCUT2D eigenvalue weighted by atomic mass is 9.44. The second-order valence-electron chi connectivity index (χ2n) is 8.98. The molecule has 0 radical (unpaired) electrons. The van der Waals surface area contributed by atoms with Gasteiger partial charge in [-0.1, -0.05) is 23.8 Å². The van der Waals surface area contributed by atoms with E-state index in [1.807, 2.05) is 6.92 Å². The summed E-state index contributed by atoms with van der Waals surface area (Å²) in [5.41, 5.74) is 1.55. The Kier molecular flexibility index (Phi) is 3.88. The number of esters is 1. The molecule has 6 aliphatic rings. The van der Waals surface area contributed by atoms with E-state index >= 15 is 0 Å². The van der Waals surface area contributed by atoms with Crippen LogP contribution in [0.3, 0.4) is 0 Å². The first-order valence-corrected chi connectivity index (χ1v) is 10.4. The fraction of sp³-hybridized carbons (Fsp3) is 0.773. The van der Waals surface area contributed by atoms with Crippen LogP contribution in [0.4, 0.5) is 0 Å². The lowest BCUT2D eigenvalue weighted by molar-refractivity contribution is -0.286. The summed E-state index contributed by atoms with van der Waals surface area (Å²) in [7, 11) is 0. The van der Waals surface area contributed by atoms with Crippen LogP contribution in [0, 0.1) is 35.0 Å². The van der Waals surface area contributed by atoms with Crippen LogP contribution in [0.5, 0.6) is 0 Å². The third kappa shape index (κ3) is 2.18. The number of carbonyl (C=O) groups is 1. The first-order chi connectivity index (χ1) is 12.6. The van der Waals surface area contributed by atoms with E-state index in [0.29, 0.717) is 30.3 Å². The zero-order valence-corrected chi connectivity index (χ0v) is 15.9. The SMILES string of the molecule is CCOC(=O)[C@@H]1C=C[C@@H]2C3CC4CC5(OCCO5)C3(C=C4C)CC[C@H]2C1. The van der Waals surface area contributed by atoms with E-state index in [2.05, 4.69) is 25.2 Å². The van der Waals surface area contributed by atoms with E-state index in [1.54, 1.807) is 0 Å². The maximum absolute atomic E-state index is 12.2. The second-order valence-corrected chi connectivity index (χ2v) is 8.98. The second kappa shape index (κ2) is 5.93. The van der Waals surface area contributed by atoms with Gasteiger partial charge in [0.15, 0.2) is 5.79 Å². The van der Waals surface area contributed by atoms with Gasteiger partial charge in [-0.25, -0.2) is 0 Å². The van der Waals surface area contributed by atoms with Gasteiger partial charge >= 0.3 is 5.97 Å². The predicted molar refractivity (Wildman–Crippen MR) is 97.1 cm³/mol. The third-order valence-electron chi connectivity index (χ3n) is 7.96. The van der Waals surface area contributed by atoms with Crippen molar-refractivity contribution in [1.82, 2.24) is 0 Å². The molecule has 2 bridgehead atoms. The van der Waals surface area contributed by atoms with Gasteiger partial charge < -0.3 is 14.2 Å². The molecule has 4 nitrogen and oxygen atoms in total. The van der Waals surface area contributed by atoms with Crippen molar-refractivity contribution >= 4 is 5.97 Å². The Morgan fingerprint density at radius 2 is 2.08 bits per heavy atom. The van der Waals surface area contributed by atoms with Crippen LogP contribution >= 0.6 is 0 Å². The molecule has 0 aromatic carbocycles. The molecule has 0 amide bonds. The average Bonchev–Trinajstić information content (AvgIpc) is 3.11. The number of ether oxygens (including phenoxy) is 3. The van der Waals surface area contributed by atoms with Crippen LogP contribution < -0.4 is 0 Å². The van der Waals surface area contributed by atoms with Crippen molar-refractivity contribution in [3.05, 3.63) is 23.8 Å². The molecule has 0 aromatic heterocycles. The molecular formula is C22H30O4. The lowest BCUT2D eigenvalue weighted by Crippen LogP contribution is -2.63. The molecule has 6 rings (SSSR count). The van der Waals surface area contributed by atoms with Crippen molar-refractivity contribution in [2.75, 3.05) is 19.8 Å². The van der Waals surface area contributed by atoms with Crippen molar-refractivity contribution in [1.29, 1.82) is 0 Å². The lowest BCUT2D eigenvalue weighted by Gasteiger charge is -2.64. The van der Waals surface area contributed by atoms with Crippen LogP contribution in [0.25, 0.3) is 0 Å². The standard InChI is InChI=1S/C22H30O4/c1-3-24-20(23)16-4-5-18-15(10-16)6-7-21-12-14(2)17(11-19(18)21)13-22(21)25-8-9-26-22/h4-5,12,15-19H,3,6-11,13H2,1-2H3/t15-,16+,17?,18-,19?,21?/m0/s1. The summed E-state index contributed by atoms with van der Waals surface area (Å²) in [5.74, 6) is 1.76. The molecule has 5 aliphatic carbocycles. The molecule has 142 valence electrons. The number of hydrogen-bond acceptors (Lipinski definition) is 4. The van der Waals surface area contributed by atoms with E-state index in [9.17, 15) is 4.79 Å². The number of hydrogen-bond donors (Lipinski definition) is 0. The summed E-state index contributed by atoms with van der Waals surface area (Å²) in [6.45, 7) is 6.09. The Balaban J connectivity index is 1.48. The first kappa shape index (κ1) is 17.0. The van der Waals surface area contributed by atoms with Gasteiger partial charge in [0, 0.05) is 11.8 Å². The molecule has 26 heavy (non-hydrogen) atoms. The minimum absolute atomic E-state index is 0.0185. The summed E-state index contributed by atoms with van der Waals surface area (Å²) in [6.07, 6.45) is 12.5. The maximum Gasteiger partial charge on any atom is 0.312 e. The summed E-state index contributed by atoms with van der Waals surface area (Å²) < 4.78 is 17.9. The highest BCUT2D eigenvalue weighted by atomic mass is 16.7. The fourth-order valence-corrected chi connectivity index (χ4v) is 6.88. The molecule has 2 saturated carbocycles. The van der Waals surface area contributed by atoms with E-state index in [4.69, 9.17) is 14.2 Å². The predicted octanol–water partition coefficient (Wildman–Crippen LogP) is 3.87. The van der Waals surface area contributed by atoms with Crippen molar-refractivity contribution in [3.63, 3.8) is 0 Å². The van der Waals surface area contributed by atoms with E-state index in [-0.39, 0.29) is 17.3 Å². The fourth-order valence-electron chi connectivity index (χ4n) is 6.88. The zero-order chi connectivity index (χ0) is 17.9. The molecular weight excluding hydrogens is 328 g/mol. The molecule has 3 unspecified atom stereocenters. The van der Waals surface area contributed by atoms with Gasteiger partial charge in [-0.05, 0) is 63.2 Å². The van der Waals surface area contributed by atoms with Crippen LogP contribution in [0.1, 0.15) is 46.0 Å². The van der Waals surface area contributed by atoms with E-state index in [0.717, 1.165) is 38.9 Å². The molecule has 0 N–H and O–H groups in total. The topological polar surface area (TPSA) is 44.8 Å². The average molecular weight is 358 g/mol. The molecule has 1 saturated heterocycles. The van der Waals surface area contributed by atoms with Gasteiger partial charge in [-0.15, -0.1) is 0 Å². The van der Waals surface area contributed by atoms with E-state index < -0.39 is 5.79 Å². The molecule has 0 aromatic rings. The van der Waals surface area contributed by atoms with Gasteiger partial charge in [0.2, 0.25) is 0 Å². The van der Waals surface area contributed by atoms with Crippen molar-refractivity contribution in [2.24, 2.45) is 35.0 Å². The van der Waals surface area contributed by atoms with Crippen molar-refractivity contribution in [2.45, 2.75) is 51.7 Å².